The van der Waals surface area contributed by atoms with Crippen LogP contribution in [0.25, 0.3) is 0 Å². The maximum Gasteiger partial charge on any atom is 0.193 e. The summed E-state index contributed by atoms with van der Waals surface area (Å²) < 4.78 is 16.2. The van der Waals surface area contributed by atoms with Crippen molar-refractivity contribution in [3.63, 3.8) is 0 Å². The number of rotatable bonds is 10. The Labute approximate surface area is 167 Å². The van der Waals surface area contributed by atoms with Crippen molar-refractivity contribution in [2.24, 2.45) is 10.7 Å². The van der Waals surface area contributed by atoms with Crippen LogP contribution in [-0.2, 0) is 6.54 Å². The zero-order chi connectivity index (χ0) is 20.4. The van der Waals surface area contributed by atoms with Crippen LogP contribution in [0.4, 0.5) is 5.69 Å². The Balaban J connectivity index is 1.85. The number of benzene rings is 2. The van der Waals surface area contributed by atoms with Gasteiger partial charge >= 0.3 is 0 Å². The van der Waals surface area contributed by atoms with Gasteiger partial charge in [-0.2, -0.15) is 0 Å². The first-order valence-electron chi connectivity index (χ1n) is 9.17. The molecule has 0 aliphatic rings. The highest BCUT2D eigenvalue weighted by Crippen LogP contribution is 2.29. The maximum absolute atomic E-state index is 5.99. The van der Waals surface area contributed by atoms with Gasteiger partial charge in [-0.3, -0.25) is 0 Å². The van der Waals surface area contributed by atoms with E-state index in [2.05, 4.69) is 29.3 Å². The first-order valence-corrected chi connectivity index (χ1v) is 9.17. The summed E-state index contributed by atoms with van der Waals surface area (Å²) in [6.45, 7) is 2.20. The number of hydrogen-bond donors (Lipinski definition) is 2. The number of ether oxygens (including phenoxy) is 3. The van der Waals surface area contributed by atoms with Gasteiger partial charge in [0.25, 0.3) is 0 Å². The smallest absolute Gasteiger partial charge is 0.193 e. The van der Waals surface area contributed by atoms with Crippen LogP contribution in [-0.4, -0.2) is 52.3 Å². The molecule has 0 saturated carbocycles. The predicted octanol–water partition coefficient (Wildman–Crippen LogP) is 2.96. The highest BCUT2D eigenvalue weighted by Gasteiger charge is 2.05. The number of hydrogen-bond acceptors (Lipinski definition) is 5. The van der Waals surface area contributed by atoms with Gasteiger partial charge in [-0.05, 0) is 50.3 Å². The monoisotopic (exact) mass is 386 g/mol. The van der Waals surface area contributed by atoms with Crippen molar-refractivity contribution in [1.82, 2.24) is 4.90 Å². The summed E-state index contributed by atoms with van der Waals surface area (Å²) in [5.74, 6) is 2.48. The molecule has 7 heteroatoms. The number of nitrogens with zero attached hydrogens (tertiary/aromatic N) is 2. The third kappa shape index (κ3) is 7.00. The van der Waals surface area contributed by atoms with E-state index in [4.69, 9.17) is 19.9 Å². The Bertz CT molecular complexity index is 761. The van der Waals surface area contributed by atoms with Crippen LogP contribution in [0.5, 0.6) is 17.2 Å². The van der Waals surface area contributed by atoms with Crippen molar-refractivity contribution in [3.8, 4) is 17.2 Å². The summed E-state index contributed by atoms with van der Waals surface area (Å²) in [7, 11) is 7.30. The van der Waals surface area contributed by atoms with E-state index in [0.717, 1.165) is 30.0 Å². The Morgan fingerprint density at radius 3 is 2.39 bits per heavy atom. The molecule has 0 radical (unpaired) electrons. The number of aliphatic imine (C=N–C) groups is 1. The van der Waals surface area contributed by atoms with Gasteiger partial charge in [-0.15, -0.1) is 0 Å². The minimum absolute atomic E-state index is 0.330. The van der Waals surface area contributed by atoms with Crippen molar-refractivity contribution in [2.75, 3.05) is 46.8 Å². The van der Waals surface area contributed by atoms with Gasteiger partial charge < -0.3 is 30.2 Å². The molecule has 2 aromatic rings. The quantitative estimate of drug-likeness (QED) is 0.371. The van der Waals surface area contributed by atoms with Crippen LogP contribution in [0.15, 0.2) is 47.5 Å². The normalized spacial score (nSPS) is 11.4. The van der Waals surface area contributed by atoms with Crippen LogP contribution in [0.3, 0.4) is 0 Å². The standard InChI is InChI=1S/C21H30N4O3/c1-25(2)12-5-13-28-18-9-6-16(7-10-18)15-23-21(22)24-17-8-11-19(26-3)20(14-17)27-4/h6-11,14H,5,12-13,15H2,1-4H3,(H3,22,23,24). The van der Waals surface area contributed by atoms with Gasteiger partial charge in [0.05, 0.1) is 27.4 Å². The van der Waals surface area contributed by atoms with E-state index < -0.39 is 0 Å². The molecule has 2 rings (SSSR count). The lowest BCUT2D eigenvalue weighted by atomic mass is 10.2. The summed E-state index contributed by atoms with van der Waals surface area (Å²) in [4.78, 5) is 6.52. The van der Waals surface area contributed by atoms with Crippen molar-refractivity contribution < 1.29 is 14.2 Å². The molecule has 3 N–H and O–H groups in total. The highest BCUT2D eigenvalue weighted by molar-refractivity contribution is 5.92. The molecule has 0 amide bonds. The predicted molar refractivity (Wildman–Crippen MR) is 114 cm³/mol. The van der Waals surface area contributed by atoms with Crippen LogP contribution in [0, 0.1) is 0 Å². The summed E-state index contributed by atoms with van der Waals surface area (Å²) in [6, 6.07) is 13.4. The Morgan fingerprint density at radius 2 is 1.75 bits per heavy atom. The third-order valence-corrected chi connectivity index (χ3v) is 4.03. The summed E-state index contributed by atoms with van der Waals surface area (Å²) in [6.07, 6.45) is 0.997. The lowest BCUT2D eigenvalue weighted by Crippen LogP contribution is -2.22. The van der Waals surface area contributed by atoms with Gasteiger partial charge in [0.2, 0.25) is 0 Å². The van der Waals surface area contributed by atoms with E-state index in [-0.39, 0.29) is 0 Å². The molecule has 7 nitrogen and oxygen atoms in total. The molecule has 0 unspecified atom stereocenters. The molecule has 0 saturated heterocycles. The molecule has 28 heavy (non-hydrogen) atoms. The molecular weight excluding hydrogens is 356 g/mol. The van der Waals surface area contributed by atoms with Gasteiger partial charge in [-0.1, -0.05) is 12.1 Å². The summed E-state index contributed by atoms with van der Waals surface area (Å²) in [5, 5.41) is 3.06. The van der Waals surface area contributed by atoms with E-state index in [1.54, 1.807) is 14.2 Å². The number of methoxy groups -OCH3 is 2. The molecule has 0 spiro atoms. The average molecular weight is 386 g/mol. The summed E-state index contributed by atoms with van der Waals surface area (Å²) >= 11 is 0. The van der Waals surface area contributed by atoms with Crippen LogP contribution < -0.4 is 25.3 Å². The first-order chi connectivity index (χ1) is 13.5. The Morgan fingerprint density at radius 1 is 1.04 bits per heavy atom. The largest absolute Gasteiger partial charge is 0.494 e. The van der Waals surface area contributed by atoms with Crippen molar-refractivity contribution in [1.29, 1.82) is 0 Å². The highest BCUT2D eigenvalue weighted by atomic mass is 16.5. The molecule has 152 valence electrons. The molecular formula is C21H30N4O3. The fourth-order valence-corrected chi connectivity index (χ4v) is 2.54. The second-order valence-electron chi connectivity index (χ2n) is 6.55. The maximum atomic E-state index is 5.99. The van der Waals surface area contributed by atoms with Gasteiger partial charge in [0, 0.05) is 18.3 Å². The molecule has 0 aliphatic heterocycles. The molecule has 0 fully saturated rings. The Kier molecular flexibility index (Phi) is 8.42. The molecule has 0 heterocycles. The lowest BCUT2D eigenvalue weighted by Gasteiger charge is -2.11. The van der Waals surface area contributed by atoms with Gasteiger partial charge in [0.1, 0.15) is 5.75 Å². The second-order valence-corrected chi connectivity index (χ2v) is 6.55. The third-order valence-electron chi connectivity index (χ3n) is 4.03. The van der Waals surface area contributed by atoms with E-state index >= 15 is 0 Å². The van der Waals surface area contributed by atoms with Crippen LogP contribution in [0.2, 0.25) is 0 Å². The molecule has 2 aromatic carbocycles. The zero-order valence-electron chi connectivity index (χ0n) is 17.1. The number of anilines is 1. The van der Waals surface area contributed by atoms with Crippen molar-refractivity contribution in [2.45, 2.75) is 13.0 Å². The molecule has 0 aliphatic carbocycles. The summed E-state index contributed by atoms with van der Waals surface area (Å²) in [5.41, 5.74) is 7.82. The lowest BCUT2D eigenvalue weighted by molar-refractivity contribution is 0.281. The van der Waals surface area contributed by atoms with Crippen molar-refractivity contribution >= 4 is 11.6 Å². The SMILES string of the molecule is COc1ccc(NC(N)=NCc2ccc(OCCCN(C)C)cc2)cc1OC. The molecule has 0 aromatic heterocycles. The van der Waals surface area contributed by atoms with E-state index in [9.17, 15) is 0 Å². The zero-order valence-corrected chi connectivity index (χ0v) is 17.1. The van der Waals surface area contributed by atoms with Gasteiger partial charge in [0.15, 0.2) is 17.5 Å². The fourth-order valence-electron chi connectivity index (χ4n) is 2.54. The van der Waals surface area contributed by atoms with E-state index in [1.807, 2.05) is 42.5 Å². The van der Waals surface area contributed by atoms with E-state index in [0.29, 0.717) is 30.6 Å². The fraction of sp³-hybridized carbons (Fsp3) is 0.381. The molecule has 0 bridgehead atoms. The topological polar surface area (TPSA) is 81.3 Å². The van der Waals surface area contributed by atoms with Crippen LogP contribution >= 0.6 is 0 Å². The van der Waals surface area contributed by atoms with Gasteiger partial charge in [-0.25, -0.2) is 4.99 Å². The Hall–Kier alpha value is -2.93. The first kappa shape index (κ1) is 21.4. The minimum Gasteiger partial charge on any atom is -0.494 e. The van der Waals surface area contributed by atoms with Crippen molar-refractivity contribution in [3.05, 3.63) is 48.0 Å². The van der Waals surface area contributed by atoms with Crippen LogP contribution in [0.1, 0.15) is 12.0 Å². The molecule has 0 atom stereocenters. The number of nitrogens with one attached hydrogen (secondary N) is 1. The minimum atomic E-state index is 0.330. The van der Waals surface area contributed by atoms with E-state index in [1.165, 1.54) is 0 Å². The second kappa shape index (κ2) is 11.0. The number of nitrogens with two attached hydrogens (primary N) is 1. The number of guanidine groups is 1. The average Bonchev–Trinajstić information content (AvgIpc) is 2.70.